The molecule has 0 aliphatic rings. The van der Waals surface area contributed by atoms with Crippen molar-refractivity contribution in [3.8, 4) is 0 Å². The molecule has 1 aromatic carbocycles. The summed E-state index contributed by atoms with van der Waals surface area (Å²) in [5.74, 6) is 0.808. The van der Waals surface area contributed by atoms with Gasteiger partial charge in [0.05, 0.1) is 11.4 Å². The number of nitrogens with zero attached hydrogens (tertiary/aromatic N) is 1. The zero-order valence-electron chi connectivity index (χ0n) is 9.52. The van der Waals surface area contributed by atoms with Gasteiger partial charge in [-0.15, -0.1) is 11.8 Å². The van der Waals surface area contributed by atoms with Crippen molar-refractivity contribution in [2.45, 2.75) is 17.2 Å². The maximum absolute atomic E-state index is 12.7. The Hall–Kier alpha value is -1.66. The summed E-state index contributed by atoms with van der Waals surface area (Å²) >= 11 is 1.47. The second-order valence-electron chi connectivity index (χ2n) is 3.63. The summed E-state index contributed by atoms with van der Waals surface area (Å²) in [6.07, 6.45) is 0. The average Bonchev–Trinajstić information content (AvgIpc) is 2.37. The van der Waals surface area contributed by atoms with Crippen LogP contribution in [0, 0.1) is 5.82 Å². The zero-order valence-corrected chi connectivity index (χ0v) is 10.3. The molecule has 0 radical (unpaired) electrons. The van der Waals surface area contributed by atoms with E-state index >= 15 is 0 Å². The van der Waals surface area contributed by atoms with Gasteiger partial charge in [0.25, 0.3) is 5.56 Å². The topological polar surface area (TPSA) is 71.8 Å². The number of halogens is 1. The molecule has 6 heteroatoms. The van der Waals surface area contributed by atoms with E-state index in [0.29, 0.717) is 17.3 Å². The van der Waals surface area contributed by atoms with Crippen molar-refractivity contribution in [2.24, 2.45) is 5.73 Å². The van der Waals surface area contributed by atoms with Gasteiger partial charge in [-0.2, -0.15) is 0 Å². The van der Waals surface area contributed by atoms with Gasteiger partial charge in [-0.25, -0.2) is 9.37 Å². The van der Waals surface area contributed by atoms with Crippen LogP contribution in [0.5, 0.6) is 0 Å². The molecule has 0 atom stereocenters. The summed E-state index contributed by atoms with van der Waals surface area (Å²) < 4.78 is 12.7. The van der Waals surface area contributed by atoms with Crippen LogP contribution in [0.1, 0.15) is 11.5 Å². The van der Waals surface area contributed by atoms with Gasteiger partial charge in [0.2, 0.25) is 0 Å². The van der Waals surface area contributed by atoms with Crippen LogP contribution in [0.4, 0.5) is 4.39 Å². The molecule has 1 aromatic heterocycles. The van der Waals surface area contributed by atoms with Crippen LogP contribution >= 0.6 is 11.8 Å². The third-order valence-electron chi connectivity index (χ3n) is 2.24. The standard InChI is InChI=1S/C12H12FN3OS/c13-8-1-3-10(4-2-8)18-7-11-15-9(6-14)5-12(17)16-11/h1-5H,6-7,14H2,(H,15,16,17). The van der Waals surface area contributed by atoms with Crippen LogP contribution in [0.3, 0.4) is 0 Å². The zero-order chi connectivity index (χ0) is 13.0. The predicted molar refractivity (Wildman–Crippen MR) is 68.7 cm³/mol. The molecule has 18 heavy (non-hydrogen) atoms. The quantitative estimate of drug-likeness (QED) is 0.825. The molecule has 0 saturated carbocycles. The van der Waals surface area contributed by atoms with Crippen molar-refractivity contribution in [1.82, 2.24) is 9.97 Å². The molecule has 0 amide bonds. The number of aromatic amines is 1. The minimum absolute atomic E-state index is 0.208. The Balaban J connectivity index is 2.08. The molecular formula is C12H12FN3OS. The highest BCUT2D eigenvalue weighted by molar-refractivity contribution is 7.98. The lowest BCUT2D eigenvalue weighted by atomic mass is 10.4. The van der Waals surface area contributed by atoms with Crippen LogP contribution < -0.4 is 11.3 Å². The number of H-pyrrole nitrogens is 1. The summed E-state index contributed by atoms with van der Waals surface area (Å²) in [5, 5.41) is 0. The number of benzene rings is 1. The third kappa shape index (κ3) is 3.41. The van der Waals surface area contributed by atoms with Crippen molar-refractivity contribution < 1.29 is 4.39 Å². The Bertz CT molecular complexity index is 583. The molecule has 2 aromatic rings. The highest BCUT2D eigenvalue weighted by atomic mass is 32.2. The third-order valence-corrected chi connectivity index (χ3v) is 3.27. The predicted octanol–water partition coefficient (Wildman–Crippen LogP) is 1.66. The van der Waals surface area contributed by atoms with Gasteiger partial charge in [0, 0.05) is 17.5 Å². The molecule has 0 saturated heterocycles. The second-order valence-corrected chi connectivity index (χ2v) is 4.68. The van der Waals surface area contributed by atoms with Crippen LogP contribution in [-0.2, 0) is 12.3 Å². The van der Waals surface area contributed by atoms with Gasteiger partial charge in [-0.3, -0.25) is 4.79 Å². The normalized spacial score (nSPS) is 10.6. The maximum atomic E-state index is 12.7. The smallest absolute Gasteiger partial charge is 0.251 e. The minimum atomic E-state index is -0.268. The molecule has 2 rings (SSSR count). The highest BCUT2D eigenvalue weighted by Crippen LogP contribution is 2.20. The van der Waals surface area contributed by atoms with E-state index in [1.54, 1.807) is 12.1 Å². The van der Waals surface area contributed by atoms with E-state index in [9.17, 15) is 9.18 Å². The maximum Gasteiger partial charge on any atom is 0.251 e. The highest BCUT2D eigenvalue weighted by Gasteiger charge is 2.02. The van der Waals surface area contributed by atoms with E-state index < -0.39 is 0 Å². The Morgan fingerprint density at radius 3 is 2.72 bits per heavy atom. The molecular weight excluding hydrogens is 253 g/mol. The molecule has 0 aliphatic carbocycles. The average molecular weight is 265 g/mol. The molecule has 0 unspecified atom stereocenters. The summed E-state index contributed by atoms with van der Waals surface area (Å²) in [7, 11) is 0. The molecule has 0 aliphatic heterocycles. The molecule has 3 N–H and O–H groups in total. The first kappa shape index (κ1) is 12.8. The Morgan fingerprint density at radius 2 is 2.06 bits per heavy atom. The van der Waals surface area contributed by atoms with E-state index in [1.807, 2.05) is 0 Å². The van der Waals surface area contributed by atoms with Crippen LogP contribution in [0.15, 0.2) is 40.0 Å². The van der Waals surface area contributed by atoms with E-state index in [2.05, 4.69) is 9.97 Å². The van der Waals surface area contributed by atoms with Crippen LogP contribution in [0.25, 0.3) is 0 Å². The van der Waals surface area contributed by atoms with Gasteiger partial charge in [0.15, 0.2) is 0 Å². The first-order valence-electron chi connectivity index (χ1n) is 5.35. The van der Waals surface area contributed by atoms with Crippen molar-refractivity contribution in [3.05, 3.63) is 58.0 Å². The molecule has 0 fully saturated rings. The second kappa shape index (κ2) is 5.79. The van der Waals surface area contributed by atoms with Crippen molar-refractivity contribution in [1.29, 1.82) is 0 Å². The van der Waals surface area contributed by atoms with Gasteiger partial charge in [-0.05, 0) is 24.3 Å². The van der Waals surface area contributed by atoms with Crippen molar-refractivity contribution in [3.63, 3.8) is 0 Å². The molecule has 0 bridgehead atoms. The van der Waals surface area contributed by atoms with Gasteiger partial charge >= 0.3 is 0 Å². The number of nitrogens with one attached hydrogen (secondary N) is 1. The van der Waals surface area contributed by atoms with E-state index in [1.165, 1.54) is 30.0 Å². The minimum Gasteiger partial charge on any atom is -0.325 e. The number of thioether (sulfide) groups is 1. The van der Waals surface area contributed by atoms with E-state index in [0.717, 1.165) is 4.90 Å². The Kier molecular flexibility index (Phi) is 4.11. The fraction of sp³-hybridized carbons (Fsp3) is 0.167. The lowest BCUT2D eigenvalue weighted by molar-refractivity contribution is 0.626. The van der Waals surface area contributed by atoms with Crippen molar-refractivity contribution in [2.75, 3.05) is 0 Å². The fourth-order valence-electron chi connectivity index (χ4n) is 1.42. The van der Waals surface area contributed by atoms with E-state index in [-0.39, 0.29) is 17.9 Å². The lowest BCUT2D eigenvalue weighted by Crippen LogP contribution is -2.14. The number of aromatic nitrogens is 2. The molecule has 1 heterocycles. The summed E-state index contributed by atoms with van der Waals surface area (Å²) in [6, 6.07) is 7.55. The molecule has 0 spiro atoms. The fourth-order valence-corrected chi connectivity index (χ4v) is 2.19. The van der Waals surface area contributed by atoms with Crippen LogP contribution in [0.2, 0.25) is 0 Å². The van der Waals surface area contributed by atoms with Gasteiger partial charge < -0.3 is 10.7 Å². The van der Waals surface area contributed by atoms with Gasteiger partial charge in [0.1, 0.15) is 11.6 Å². The first-order valence-corrected chi connectivity index (χ1v) is 6.33. The number of hydrogen-bond donors (Lipinski definition) is 2. The number of hydrogen-bond acceptors (Lipinski definition) is 4. The SMILES string of the molecule is NCc1cc(=O)[nH]c(CSc2ccc(F)cc2)n1. The number of nitrogens with two attached hydrogens (primary N) is 1. The van der Waals surface area contributed by atoms with Crippen LogP contribution in [-0.4, -0.2) is 9.97 Å². The molecule has 4 nitrogen and oxygen atoms in total. The monoisotopic (exact) mass is 265 g/mol. The van der Waals surface area contributed by atoms with Crippen molar-refractivity contribution >= 4 is 11.8 Å². The summed E-state index contributed by atoms with van der Waals surface area (Å²) in [5.41, 5.74) is 5.80. The van der Waals surface area contributed by atoms with E-state index in [4.69, 9.17) is 5.73 Å². The summed E-state index contributed by atoms with van der Waals surface area (Å²) in [4.78, 5) is 19.1. The van der Waals surface area contributed by atoms with Gasteiger partial charge in [-0.1, -0.05) is 0 Å². The largest absolute Gasteiger partial charge is 0.325 e. The Morgan fingerprint density at radius 1 is 1.33 bits per heavy atom. The molecule has 94 valence electrons. The number of rotatable bonds is 4. The summed E-state index contributed by atoms with van der Waals surface area (Å²) in [6.45, 7) is 0.234. The first-order chi connectivity index (χ1) is 8.67. The Labute approximate surface area is 107 Å². The lowest BCUT2D eigenvalue weighted by Gasteiger charge is -2.03.